The molecule has 1 aliphatic rings. The lowest BCUT2D eigenvalue weighted by Gasteiger charge is -2.16. The van der Waals surface area contributed by atoms with Gasteiger partial charge < -0.3 is 14.4 Å². The molecule has 4 aromatic rings. The molecule has 3 heterocycles. The van der Waals surface area contributed by atoms with E-state index in [1.54, 1.807) is 35.9 Å². The van der Waals surface area contributed by atoms with Gasteiger partial charge in [0.15, 0.2) is 0 Å². The van der Waals surface area contributed by atoms with Crippen molar-refractivity contribution in [3.8, 4) is 17.3 Å². The second-order valence-corrected chi connectivity index (χ2v) is 7.10. The number of fused-ring (bicyclic) bond motifs is 2. The first-order chi connectivity index (χ1) is 14.2. The van der Waals surface area contributed by atoms with Crippen LogP contribution in [0, 0.1) is 0 Å². The van der Waals surface area contributed by atoms with E-state index >= 15 is 0 Å². The number of methoxy groups -OCH3 is 1. The van der Waals surface area contributed by atoms with Gasteiger partial charge in [-0.3, -0.25) is 4.57 Å². The first-order valence-corrected chi connectivity index (χ1v) is 9.40. The lowest BCUT2D eigenvalue weighted by Crippen LogP contribution is -2.27. The maximum absolute atomic E-state index is 13.0. The number of aromatic hydroxyl groups is 1. The summed E-state index contributed by atoms with van der Waals surface area (Å²) < 4.78 is 10.2. The molecular weight excluding hydrogens is 368 g/mol. The molecule has 0 saturated carbocycles. The number of rotatable bonds is 4. The van der Waals surface area contributed by atoms with Crippen molar-refractivity contribution in [3.63, 3.8) is 0 Å². The molecule has 0 unspecified atom stereocenters. The number of hydrogen-bond donors (Lipinski definition) is 1. The van der Waals surface area contributed by atoms with Gasteiger partial charge in [0.1, 0.15) is 5.75 Å². The SMILES string of the molecule is COc1ccc(-n2c(O)c3n(c2=O)Cc2ncn(Cc4ccccc4)c2C3)cc1. The van der Waals surface area contributed by atoms with Gasteiger partial charge >= 0.3 is 5.69 Å². The third-order valence-corrected chi connectivity index (χ3v) is 5.42. The number of benzene rings is 2. The van der Waals surface area contributed by atoms with Gasteiger partial charge in [0.05, 0.1) is 37.1 Å². The molecule has 1 aliphatic heterocycles. The zero-order chi connectivity index (χ0) is 20.0. The molecule has 0 radical (unpaired) electrons. The van der Waals surface area contributed by atoms with E-state index < -0.39 is 0 Å². The van der Waals surface area contributed by atoms with Crippen molar-refractivity contribution >= 4 is 0 Å². The van der Waals surface area contributed by atoms with Gasteiger partial charge in [-0.05, 0) is 29.8 Å². The minimum Gasteiger partial charge on any atom is -0.497 e. The Bertz CT molecular complexity index is 1230. The summed E-state index contributed by atoms with van der Waals surface area (Å²) in [6.45, 7) is 1.05. The molecular formula is C22H20N4O3. The minimum absolute atomic E-state index is 0.0294. The largest absolute Gasteiger partial charge is 0.497 e. The smallest absolute Gasteiger partial charge is 0.336 e. The van der Waals surface area contributed by atoms with Gasteiger partial charge in [0, 0.05) is 18.7 Å². The number of aromatic nitrogens is 4. The molecule has 7 nitrogen and oxygen atoms in total. The van der Waals surface area contributed by atoms with E-state index in [9.17, 15) is 9.90 Å². The maximum Gasteiger partial charge on any atom is 0.336 e. The Kier molecular flexibility index (Phi) is 4.01. The van der Waals surface area contributed by atoms with Crippen LogP contribution in [-0.2, 0) is 19.5 Å². The zero-order valence-electron chi connectivity index (χ0n) is 15.9. The summed E-state index contributed by atoms with van der Waals surface area (Å²) in [6, 6.07) is 17.2. The van der Waals surface area contributed by atoms with Crippen LogP contribution >= 0.6 is 0 Å². The van der Waals surface area contributed by atoms with Crippen LogP contribution in [0.15, 0.2) is 65.7 Å². The third kappa shape index (κ3) is 2.82. The maximum atomic E-state index is 13.0. The van der Waals surface area contributed by atoms with Crippen LogP contribution in [0.3, 0.4) is 0 Å². The lowest BCUT2D eigenvalue weighted by molar-refractivity contribution is 0.414. The molecule has 2 aromatic carbocycles. The fourth-order valence-corrected chi connectivity index (χ4v) is 3.89. The quantitative estimate of drug-likeness (QED) is 0.514. The standard InChI is InChI=1S/C22H20N4O3/c1-29-17-9-7-16(8-10-17)26-21(27)20-11-19-18(13-25(20)22(26)28)23-14-24(19)12-15-5-3-2-4-6-15/h2-10,14,27H,11-13H2,1H3. The van der Waals surface area contributed by atoms with Gasteiger partial charge in [0.25, 0.3) is 0 Å². The van der Waals surface area contributed by atoms with E-state index in [1.807, 2.05) is 24.5 Å². The highest BCUT2D eigenvalue weighted by atomic mass is 16.5. The number of nitrogens with zero attached hydrogens (tertiary/aromatic N) is 4. The molecule has 1 N–H and O–H groups in total. The summed E-state index contributed by atoms with van der Waals surface area (Å²) in [4.78, 5) is 17.5. The molecule has 0 saturated heterocycles. The van der Waals surface area contributed by atoms with E-state index in [4.69, 9.17) is 4.74 Å². The van der Waals surface area contributed by atoms with Crippen LogP contribution in [0.1, 0.15) is 22.6 Å². The Morgan fingerprint density at radius 3 is 2.55 bits per heavy atom. The van der Waals surface area contributed by atoms with Crippen molar-refractivity contribution in [1.82, 2.24) is 18.7 Å². The van der Waals surface area contributed by atoms with E-state index in [-0.39, 0.29) is 11.6 Å². The highest BCUT2D eigenvalue weighted by Crippen LogP contribution is 2.29. The topological polar surface area (TPSA) is 74.2 Å². The van der Waals surface area contributed by atoms with Crippen molar-refractivity contribution in [2.24, 2.45) is 0 Å². The molecule has 5 rings (SSSR count). The van der Waals surface area contributed by atoms with Crippen LogP contribution in [0.5, 0.6) is 11.6 Å². The molecule has 0 fully saturated rings. The van der Waals surface area contributed by atoms with Gasteiger partial charge in [-0.15, -0.1) is 0 Å². The highest BCUT2D eigenvalue weighted by Gasteiger charge is 2.28. The average molecular weight is 388 g/mol. The Labute approximate surface area is 167 Å². The second kappa shape index (κ2) is 6.70. The number of hydrogen-bond acceptors (Lipinski definition) is 4. The van der Waals surface area contributed by atoms with E-state index in [1.165, 1.54) is 10.1 Å². The first kappa shape index (κ1) is 17.4. The van der Waals surface area contributed by atoms with Crippen LogP contribution < -0.4 is 10.4 Å². The molecule has 0 bridgehead atoms. The van der Waals surface area contributed by atoms with Crippen LogP contribution in [0.25, 0.3) is 5.69 Å². The van der Waals surface area contributed by atoms with Crippen molar-refractivity contribution in [3.05, 3.63) is 94.1 Å². The van der Waals surface area contributed by atoms with Crippen LogP contribution in [-0.4, -0.2) is 30.9 Å². The number of imidazole rings is 2. The summed E-state index contributed by atoms with van der Waals surface area (Å²) in [5.41, 5.74) is 3.99. The van der Waals surface area contributed by atoms with E-state index in [2.05, 4.69) is 21.7 Å². The first-order valence-electron chi connectivity index (χ1n) is 9.40. The molecule has 146 valence electrons. The van der Waals surface area contributed by atoms with Crippen molar-refractivity contribution in [2.45, 2.75) is 19.5 Å². The Hall–Kier alpha value is -3.74. The highest BCUT2D eigenvalue weighted by molar-refractivity contribution is 5.43. The predicted molar refractivity (Wildman–Crippen MR) is 108 cm³/mol. The van der Waals surface area contributed by atoms with Crippen LogP contribution in [0.2, 0.25) is 0 Å². The van der Waals surface area contributed by atoms with Gasteiger partial charge in [-0.2, -0.15) is 0 Å². The fourth-order valence-electron chi connectivity index (χ4n) is 3.89. The summed E-state index contributed by atoms with van der Waals surface area (Å²) in [6.07, 6.45) is 2.26. The van der Waals surface area contributed by atoms with E-state index in [0.717, 1.165) is 11.4 Å². The summed E-state index contributed by atoms with van der Waals surface area (Å²) in [7, 11) is 1.59. The predicted octanol–water partition coefficient (Wildman–Crippen LogP) is 2.55. The van der Waals surface area contributed by atoms with Gasteiger partial charge in [-0.1, -0.05) is 30.3 Å². The molecule has 7 heteroatoms. The van der Waals surface area contributed by atoms with Crippen molar-refractivity contribution in [1.29, 1.82) is 0 Å². The average Bonchev–Trinajstić information content (AvgIpc) is 3.26. The monoisotopic (exact) mass is 388 g/mol. The second-order valence-electron chi connectivity index (χ2n) is 7.10. The van der Waals surface area contributed by atoms with Gasteiger partial charge in [-0.25, -0.2) is 14.3 Å². The zero-order valence-corrected chi connectivity index (χ0v) is 15.9. The van der Waals surface area contributed by atoms with Gasteiger partial charge in [0.2, 0.25) is 5.88 Å². The molecule has 29 heavy (non-hydrogen) atoms. The van der Waals surface area contributed by atoms with Crippen LogP contribution in [0.4, 0.5) is 0 Å². The van der Waals surface area contributed by atoms with Crippen molar-refractivity contribution in [2.75, 3.05) is 7.11 Å². The van der Waals surface area contributed by atoms with E-state index in [0.29, 0.717) is 36.6 Å². The minimum atomic E-state index is -0.272. The lowest BCUT2D eigenvalue weighted by atomic mass is 10.1. The summed E-state index contributed by atoms with van der Waals surface area (Å²) >= 11 is 0. The molecule has 0 aliphatic carbocycles. The third-order valence-electron chi connectivity index (χ3n) is 5.42. The Morgan fingerprint density at radius 2 is 1.83 bits per heavy atom. The Morgan fingerprint density at radius 1 is 1.07 bits per heavy atom. The molecule has 0 spiro atoms. The normalized spacial score (nSPS) is 12.4. The Balaban J connectivity index is 1.53. The molecule has 0 atom stereocenters. The van der Waals surface area contributed by atoms with Crippen molar-refractivity contribution < 1.29 is 9.84 Å². The molecule has 2 aromatic heterocycles. The summed E-state index contributed by atoms with van der Waals surface area (Å²) in [5, 5.41) is 10.9. The summed E-state index contributed by atoms with van der Waals surface area (Å²) in [5.74, 6) is 0.662. The molecule has 0 amide bonds. The number of ether oxygens (including phenoxy) is 1. The fraction of sp³-hybridized carbons (Fsp3) is 0.182.